The third-order valence-corrected chi connectivity index (χ3v) is 5.12. The van der Waals surface area contributed by atoms with Crippen molar-refractivity contribution in [3.8, 4) is 0 Å². The number of piperidine rings is 1. The van der Waals surface area contributed by atoms with Crippen LogP contribution in [0.5, 0.6) is 0 Å². The number of fused-ring (bicyclic) bond motifs is 1. The van der Waals surface area contributed by atoms with Crippen molar-refractivity contribution in [3.05, 3.63) is 35.4 Å². The molecule has 0 aromatic heterocycles. The van der Waals surface area contributed by atoms with Crippen molar-refractivity contribution in [1.82, 2.24) is 10.2 Å². The van der Waals surface area contributed by atoms with Gasteiger partial charge in [-0.1, -0.05) is 31.2 Å². The zero-order valence-corrected chi connectivity index (χ0v) is 13.3. The molecule has 1 aliphatic heterocycles. The summed E-state index contributed by atoms with van der Waals surface area (Å²) in [6.45, 7) is 5.54. The lowest BCUT2D eigenvalue weighted by molar-refractivity contribution is 0.00379. The van der Waals surface area contributed by atoms with Crippen LogP contribution in [0.3, 0.4) is 0 Å². The van der Waals surface area contributed by atoms with Crippen LogP contribution in [-0.4, -0.2) is 43.8 Å². The molecule has 0 spiro atoms. The van der Waals surface area contributed by atoms with E-state index in [0.29, 0.717) is 18.2 Å². The standard InChI is InChI=1S/C18H28N2O/c1-3-19-18-16-9-5-4-7-14(16)10-11-17(18)20-12-6-8-15(13-20)21-2/h4-5,7,9,15,17-19H,3,6,8,10-13H2,1-2H3. The van der Waals surface area contributed by atoms with E-state index in [0.717, 1.165) is 13.1 Å². The van der Waals surface area contributed by atoms with Crippen LogP contribution >= 0.6 is 0 Å². The number of hydrogen-bond donors (Lipinski definition) is 1. The first-order valence-corrected chi connectivity index (χ1v) is 8.41. The molecule has 3 atom stereocenters. The van der Waals surface area contributed by atoms with Gasteiger partial charge in [0.2, 0.25) is 0 Å². The molecule has 0 radical (unpaired) electrons. The van der Waals surface area contributed by atoms with Crippen LogP contribution < -0.4 is 5.32 Å². The molecule has 0 saturated carbocycles. The van der Waals surface area contributed by atoms with Gasteiger partial charge in [0.05, 0.1) is 6.10 Å². The van der Waals surface area contributed by atoms with Gasteiger partial charge in [-0.05, 0) is 49.9 Å². The highest BCUT2D eigenvalue weighted by molar-refractivity contribution is 5.34. The van der Waals surface area contributed by atoms with Gasteiger partial charge in [0.1, 0.15) is 0 Å². The first-order valence-electron chi connectivity index (χ1n) is 8.41. The van der Waals surface area contributed by atoms with Gasteiger partial charge in [-0.25, -0.2) is 0 Å². The second kappa shape index (κ2) is 6.91. The lowest BCUT2D eigenvalue weighted by atomic mass is 9.82. The number of aryl methyl sites for hydroxylation is 1. The van der Waals surface area contributed by atoms with Gasteiger partial charge in [-0.2, -0.15) is 0 Å². The summed E-state index contributed by atoms with van der Waals surface area (Å²) in [5, 5.41) is 3.74. The van der Waals surface area contributed by atoms with E-state index in [2.05, 4.69) is 41.4 Å². The van der Waals surface area contributed by atoms with E-state index >= 15 is 0 Å². The summed E-state index contributed by atoms with van der Waals surface area (Å²) in [6, 6.07) is 10.0. The number of methoxy groups -OCH3 is 1. The zero-order valence-electron chi connectivity index (χ0n) is 13.3. The zero-order chi connectivity index (χ0) is 14.7. The van der Waals surface area contributed by atoms with E-state index in [1.54, 1.807) is 0 Å². The van der Waals surface area contributed by atoms with Crippen molar-refractivity contribution in [2.75, 3.05) is 26.7 Å². The van der Waals surface area contributed by atoms with Gasteiger partial charge in [0.25, 0.3) is 0 Å². The molecule has 21 heavy (non-hydrogen) atoms. The van der Waals surface area contributed by atoms with E-state index in [9.17, 15) is 0 Å². The number of ether oxygens (including phenoxy) is 1. The van der Waals surface area contributed by atoms with Crippen LogP contribution in [0.1, 0.15) is 43.4 Å². The highest BCUT2D eigenvalue weighted by atomic mass is 16.5. The molecule has 1 N–H and O–H groups in total. The Kier molecular flexibility index (Phi) is 4.94. The summed E-state index contributed by atoms with van der Waals surface area (Å²) < 4.78 is 5.61. The van der Waals surface area contributed by atoms with Crippen LogP contribution in [0, 0.1) is 0 Å². The summed E-state index contributed by atoms with van der Waals surface area (Å²) in [5.74, 6) is 0. The van der Waals surface area contributed by atoms with Gasteiger partial charge in [0, 0.05) is 25.7 Å². The Morgan fingerprint density at radius 2 is 2.14 bits per heavy atom. The van der Waals surface area contributed by atoms with Gasteiger partial charge in [-0.3, -0.25) is 4.90 Å². The Labute approximate surface area is 128 Å². The summed E-state index contributed by atoms with van der Waals surface area (Å²) >= 11 is 0. The summed E-state index contributed by atoms with van der Waals surface area (Å²) in [7, 11) is 1.85. The van der Waals surface area contributed by atoms with E-state index in [4.69, 9.17) is 4.74 Å². The molecular weight excluding hydrogens is 260 g/mol. The predicted octanol–water partition coefficient (Wildman–Crippen LogP) is 2.76. The molecule has 3 nitrogen and oxygen atoms in total. The molecule has 1 fully saturated rings. The Morgan fingerprint density at radius 1 is 1.29 bits per heavy atom. The summed E-state index contributed by atoms with van der Waals surface area (Å²) in [4.78, 5) is 2.67. The highest BCUT2D eigenvalue weighted by Gasteiger charge is 2.35. The fourth-order valence-corrected chi connectivity index (χ4v) is 4.06. The summed E-state index contributed by atoms with van der Waals surface area (Å²) in [5.41, 5.74) is 3.04. The Hall–Kier alpha value is -0.900. The van der Waals surface area contributed by atoms with Gasteiger partial charge >= 0.3 is 0 Å². The molecule has 1 aliphatic carbocycles. The van der Waals surface area contributed by atoms with Gasteiger partial charge < -0.3 is 10.1 Å². The van der Waals surface area contributed by atoms with Crippen LogP contribution in [0.15, 0.2) is 24.3 Å². The first-order chi connectivity index (χ1) is 10.3. The number of rotatable bonds is 4. The molecule has 116 valence electrons. The Morgan fingerprint density at radius 3 is 2.95 bits per heavy atom. The van der Waals surface area contributed by atoms with Crippen molar-refractivity contribution >= 4 is 0 Å². The van der Waals surface area contributed by atoms with Crippen LogP contribution in [0.2, 0.25) is 0 Å². The molecular formula is C18H28N2O. The van der Waals surface area contributed by atoms with E-state index in [1.165, 1.54) is 43.4 Å². The molecule has 2 aliphatic rings. The number of nitrogens with zero attached hydrogens (tertiary/aromatic N) is 1. The SMILES string of the molecule is CCNC1c2ccccc2CCC1N1CCCC(OC)C1. The van der Waals surface area contributed by atoms with E-state index < -0.39 is 0 Å². The second-order valence-electron chi connectivity index (χ2n) is 6.34. The highest BCUT2D eigenvalue weighted by Crippen LogP contribution is 2.34. The quantitative estimate of drug-likeness (QED) is 0.922. The fraction of sp³-hybridized carbons (Fsp3) is 0.667. The smallest absolute Gasteiger partial charge is 0.0698 e. The summed E-state index contributed by atoms with van der Waals surface area (Å²) in [6.07, 6.45) is 5.35. The van der Waals surface area contributed by atoms with E-state index in [-0.39, 0.29) is 0 Å². The van der Waals surface area contributed by atoms with Crippen LogP contribution in [0.4, 0.5) is 0 Å². The van der Waals surface area contributed by atoms with Gasteiger partial charge in [0.15, 0.2) is 0 Å². The maximum Gasteiger partial charge on any atom is 0.0698 e. The normalized spacial score (nSPS) is 30.1. The minimum absolute atomic E-state index is 0.415. The topological polar surface area (TPSA) is 24.5 Å². The molecule has 3 rings (SSSR count). The Bertz CT molecular complexity index is 462. The number of nitrogens with one attached hydrogen (secondary N) is 1. The number of benzene rings is 1. The number of hydrogen-bond acceptors (Lipinski definition) is 3. The molecule has 0 amide bonds. The molecule has 1 aromatic carbocycles. The van der Waals surface area contributed by atoms with Crippen molar-refractivity contribution in [1.29, 1.82) is 0 Å². The predicted molar refractivity (Wildman–Crippen MR) is 86.6 cm³/mol. The van der Waals surface area contributed by atoms with Gasteiger partial charge in [-0.15, -0.1) is 0 Å². The maximum absolute atomic E-state index is 5.61. The van der Waals surface area contributed by atoms with Crippen LogP contribution in [-0.2, 0) is 11.2 Å². The largest absolute Gasteiger partial charge is 0.380 e. The second-order valence-corrected chi connectivity index (χ2v) is 6.34. The molecule has 3 unspecified atom stereocenters. The first kappa shape index (κ1) is 15.0. The molecule has 1 saturated heterocycles. The molecule has 1 heterocycles. The maximum atomic E-state index is 5.61. The monoisotopic (exact) mass is 288 g/mol. The van der Waals surface area contributed by atoms with E-state index in [1.807, 2.05) is 7.11 Å². The third kappa shape index (κ3) is 3.15. The third-order valence-electron chi connectivity index (χ3n) is 5.12. The lowest BCUT2D eigenvalue weighted by Crippen LogP contribution is -2.52. The van der Waals surface area contributed by atoms with Crippen molar-refractivity contribution in [2.24, 2.45) is 0 Å². The average molecular weight is 288 g/mol. The molecule has 1 aromatic rings. The van der Waals surface area contributed by atoms with Crippen LogP contribution in [0.25, 0.3) is 0 Å². The molecule has 0 bridgehead atoms. The Balaban J connectivity index is 1.81. The van der Waals surface area contributed by atoms with Crippen molar-refractivity contribution < 1.29 is 4.74 Å². The van der Waals surface area contributed by atoms with Crippen molar-refractivity contribution in [3.63, 3.8) is 0 Å². The number of likely N-dealkylation sites (tertiary alicyclic amines) is 1. The number of likely N-dealkylation sites (N-methyl/N-ethyl adjacent to an activating group) is 1. The van der Waals surface area contributed by atoms with Crippen molar-refractivity contribution in [2.45, 2.75) is 50.8 Å². The lowest BCUT2D eigenvalue weighted by Gasteiger charge is -2.44. The molecule has 3 heteroatoms. The average Bonchev–Trinajstić information content (AvgIpc) is 2.55. The minimum atomic E-state index is 0.415. The minimum Gasteiger partial charge on any atom is -0.380 e. The fourth-order valence-electron chi connectivity index (χ4n) is 4.06.